The molecule has 0 spiro atoms. The Morgan fingerprint density at radius 3 is 2.25 bits per heavy atom. The van der Waals surface area contributed by atoms with Gasteiger partial charge in [0, 0.05) is 5.92 Å². The van der Waals surface area contributed by atoms with Crippen LogP contribution in [0.25, 0.3) is 0 Å². The molecule has 0 aromatic rings. The summed E-state index contributed by atoms with van der Waals surface area (Å²) in [4.78, 5) is 0. The fraction of sp³-hybridized carbons (Fsp3) is 0.800. The van der Waals surface area contributed by atoms with Gasteiger partial charge in [-0.2, -0.15) is 0 Å². The molecule has 136 valence electrons. The van der Waals surface area contributed by atoms with Gasteiger partial charge < -0.3 is 0 Å². The van der Waals surface area contributed by atoms with Gasteiger partial charge in [0.2, 0.25) is 0 Å². The van der Waals surface area contributed by atoms with Gasteiger partial charge in [0.15, 0.2) is 0 Å². The Bertz CT molecular complexity index is 442. The Hall–Kier alpha value is -0.950. The number of ether oxygens (including phenoxy) is 1. The summed E-state index contributed by atoms with van der Waals surface area (Å²) in [5.41, 5.74) is 0. The van der Waals surface area contributed by atoms with Crippen LogP contribution in [-0.4, -0.2) is 12.5 Å². The van der Waals surface area contributed by atoms with Crippen LogP contribution in [0.2, 0.25) is 0 Å². The smallest absolute Gasteiger partial charge is 0.289 e. The van der Waals surface area contributed by atoms with E-state index in [0.29, 0.717) is 31.6 Å². The van der Waals surface area contributed by atoms with E-state index in [-0.39, 0.29) is 5.92 Å². The zero-order chi connectivity index (χ0) is 17.4. The number of alkyl halides is 3. The lowest BCUT2D eigenvalue weighted by Gasteiger charge is -2.26. The summed E-state index contributed by atoms with van der Waals surface area (Å²) in [5, 5.41) is 0. The van der Waals surface area contributed by atoms with Gasteiger partial charge in [-0.15, -0.1) is 13.2 Å². The minimum atomic E-state index is -4.51. The molecule has 0 aromatic carbocycles. The lowest BCUT2D eigenvalue weighted by atomic mass is 9.80. The van der Waals surface area contributed by atoms with Crippen LogP contribution in [0.5, 0.6) is 0 Å². The molecule has 0 aliphatic heterocycles. The van der Waals surface area contributed by atoms with Crippen LogP contribution in [0, 0.1) is 29.6 Å². The van der Waals surface area contributed by atoms with Crippen LogP contribution < -0.4 is 0 Å². The zero-order valence-corrected chi connectivity index (χ0v) is 14.6. The molecule has 0 saturated heterocycles. The number of allylic oxidation sites excluding steroid dienone is 2. The van der Waals surface area contributed by atoms with Gasteiger partial charge in [-0.3, -0.25) is 4.74 Å². The second kappa shape index (κ2) is 9.51. The molecule has 0 heterocycles. The number of hydrogen-bond acceptors (Lipinski definition) is 1. The number of halogens is 3. The van der Waals surface area contributed by atoms with Gasteiger partial charge in [-0.25, -0.2) is 0 Å². The summed E-state index contributed by atoms with van der Waals surface area (Å²) in [5.74, 6) is 8.09. The van der Waals surface area contributed by atoms with Crippen LogP contribution in [-0.2, 0) is 4.74 Å². The van der Waals surface area contributed by atoms with E-state index in [1.165, 1.54) is 38.5 Å². The Morgan fingerprint density at radius 2 is 1.67 bits per heavy atom. The third-order valence-corrected chi connectivity index (χ3v) is 5.30. The summed E-state index contributed by atoms with van der Waals surface area (Å²) in [6.07, 6.45) is 9.13. The van der Waals surface area contributed by atoms with Gasteiger partial charge in [0.05, 0.1) is 6.10 Å². The Balaban J connectivity index is 1.65. The summed E-state index contributed by atoms with van der Waals surface area (Å²) >= 11 is 0. The van der Waals surface area contributed by atoms with Crippen molar-refractivity contribution in [1.82, 2.24) is 0 Å². The van der Waals surface area contributed by atoms with E-state index in [1.54, 1.807) is 0 Å². The molecular weight excluding hydrogens is 313 g/mol. The number of rotatable bonds is 4. The molecule has 0 radical (unpaired) electrons. The lowest BCUT2D eigenvalue weighted by molar-refractivity contribution is -0.345. The minimum Gasteiger partial charge on any atom is -0.289 e. The third-order valence-electron chi connectivity index (χ3n) is 5.30. The largest absolute Gasteiger partial charge is 0.522 e. The average molecular weight is 342 g/mol. The van der Waals surface area contributed by atoms with E-state index < -0.39 is 12.5 Å². The van der Waals surface area contributed by atoms with E-state index in [4.69, 9.17) is 0 Å². The molecule has 4 heteroatoms. The molecule has 2 rings (SSSR count). The molecule has 2 fully saturated rings. The van der Waals surface area contributed by atoms with Crippen molar-refractivity contribution in [2.75, 3.05) is 0 Å². The zero-order valence-electron chi connectivity index (χ0n) is 14.6. The first-order valence-electron chi connectivity index (χ1n) is 9.38. The van der Waals surface area contributed by atoms with E-state index in [9.17, 15) is 13.2 Å². The van der Waals surface area contributed by atoms with E-state index in [0.717, 1.165) is 5.92 Å². The highest BCUT2D eigenvalue weighted by molar-refractivity contribution is 5.18. The molecule has 0 amide bonds. The van der Waals surface area contributed by atoms with Crippen molar-refractivity contribution >= 4 is 0 Å². The van der Waals surface area contributed by atoms with Crippen molar-refractivity contribution in [2.45, 2.75) is 83.6 Å². The fourth-order valence-electron chi connectivity index (χ4n) is 3.94. The van der Waals surface area contributed by atoms with Crippen LogP contribution in [0.3, 0.4) is 0 Å². The molecule has 0 unspecified atom stereocenters. The highest BCUT2D eigenvalue weighted by Gasteiger charge is 2.35. The Morgan fingerprint density at radius 1 is 1.00 bits per heavy atom. The predicted molar refractivity (Wildman–Crippen MR) is 90.2 cm³/mol. The molecular formula is C20H29F3O. The maximum atomic E-state index is 12.2. The van der Waals surface area contributed by atoms with E-state index >= 15 is 0 Å². The van der Waals surface area contributed by atoms with Crippen LogP contribution in [0.15, 0.2) is 12.2 Å². The molecule has 2 aliphatic rings. The SMILES string of the molecule is CCC[C@H]1CC[C@H](/C=C/C#C[C@H]2CC[C@H](OC(F)(F)F)CC2)CC1. The van der Waals surface area contributed by atoms with Crippen LogP contribution in [0.4, 0.5) is 13.2 Å². The van der Waals surface area contributed by atoms with Gasteiger partial charge in [0.25, 0.3) is 0 Å². The molecule has 2 aliphatic carbocycles. The quantitative estimate of drug-likeness (QED) is 0.549. The molecule has 1 nitrogen and oxygen atoms in total. The Labute approximate surface area is 144 Å². The summed E-state index contributed by atoms with van der Waals surface area (Å²) < 4.78 is 40.6. The first-order chi connectivity index (χ1) is 11.5. The van der Waals surface area contributed by atoms with Crippen molar-refractivity contribution in [1.29, 1.82) is 0 Å². The third kappa shape index (κ3) is 7.30. The van der Waals surface area contributed by atoms with E-state index in [2.05, 4.69) is 29.6 Å². The van der Waals surface area contributed by atoms with Crippen molar-refractivity contribution in [3.63, 3.8) is 0 Å². The molecule has 0 atom stereocenters. The highest BCUT2D eigenvalue weighted by Crippen LogP contribution is 2.32. The molecule has 2 saturated carbocycles. The standard InChI is InChI=1S/C20H29F3O/c1-2-5-16-8-10-17(11-9-16)6-3-4-7-18-12-14-19(15-13-18)24-20(21,22)23/h3,6,16-19H,2,5,8-15H2,1H3/b6-3+/t16-,17-,18-,19-. The summed E-state index contributed by atoms with van der Waals surface area (Å²) in [6, 6.07) is 0. The monoisotopic (exact) mass is 342 g/mol. The topological polar surface area (TPSA) is 9.23 Å². The summed E-state index contributed by atoms with van der Waals surface area (Å²) in [7, 11) is 0. The average Bonchev–Trinajstić information content (AvgIpc) is 2.53. The van der Waals surface area contributed by atoms with Crippen LogP contribution in [0.1, 0.15) is 71.1 Å². The predicted octanol–water partition coefficient (Wildman–Crippen LogP) is 6.25. The van der Waals surface area contributed by atoms with Gasteiger partial charge in [0.1, 0.15) is 0 Å². The highest BCUT2D eigenvalue weighted by atomic mass is 19.4. The molecule has 0 N–H and O–H groups in total. The maximum absolute atomic E-state index is 12.2. The Kier molecular flexibility index (Phi) is 7.68. The normalized spacial score (nSPS) is 31.7. The number of hydrogen-bond donors (Lipinski definition) is 0. The first-order valence-corrected chi connectivity index (χ1v) is 9.38. The molecule has 0 aromatic heterocycles. The van der Waals surface area contributed by atoms with Gasteiger partial charge in [-0.1, -0.05) is 37.7 Å². The van der Waals surface area contributed by atoms with Crippen molar-refractivity contribution in [3.05, 3.63) is 12.2 Å². The maximum Gasteiger partial charge on any atom is 0.522 e. The second-order valence-corrected chi connectivity index (χ2v) is 7.25. The fourth-order valence-corrected chi connectivity index (χ4v) is 3.94. The minimum absolute atomic E-state index is 0.211. The lowest BCUT2D eigenvalue weighted by Crippen LogP contribution is -2.27. The van der Waals surface area contributed by atoms with Crippen molar-refractivity contribution < 1.29 is 17.9 Å². The molecule has 0 bridgehead atoms. The van der Waals surface area contributed by atoms with Gasteiger partial charge in [-0.05, 0) is 69.3 Å². The van der Waals surface area contributed by atoms with Crippen molar-refractivity contribution in [3.8, 4) is 11.8 Å². The first kappa shape index (κ1) is 19.4. The van der Waals surface area contributed by atoms with Crippen molar-refractivity contribution in [2.24, 2.45) is 17.8 Å². The summed E-state index contributed by atoms with van der Waals surface area (Å²) in [6.45, 7) is 2.25. The van der Waals surface area contributed by atoms with E-state index in [1.807, 2.05) is 6.08 Å². The second-order valence-electron chi connectivity index (χ2n) is 7.25. The van der Waals surface area contributed by atoms with Crippen LogP contribution >= 0.6 is 0 Å². The van der Waals surface area contributed by atoms with Gasteiger partial charge >= 0.3 is 6.36 Å². The molecule has 24 heavy (non-hydrogen) atoms.